The monoisotopic (exact) mass is 485 g/mol. The number of fused-ring (bicyclic) bond motifs is 1. The molecule has 2 N–H and O–H groups in total. The van der Waals surface area contributed by atoms with E-state index in [1.807, 2.05) is 31.2 Å². The van der Waals surface area contributed by atoms with Crippen LogP contribution in [-0.4, -0.2) is 50.3 Å². The van der Waals surface area contributed by atoms with Crippen molar-refractivity contribution in [3.8, 4) is 6.19 Å². The van der Waals surface area contributed by atoms with Crippen LogP contribution in [0.25, 0.3) is 11.0 Å². The highest BCUT2D eigenvalue weighted by Gasteiger charge is 2.40. The number of aromatic nitrogens is 3. The first kappa shape index (κ1) is 23.8. The average Bonchev–Trinajstić information content (AvgIpc) is 3.53. The second-order valence-electron chi connectivity index (χ2n) is 9.72. The number of amides is 2. The van der Waals surface area contributed by atoms with Gasteiger partial charge in [-0.15, -0.1) is 0 Å². The minimum Gasteiger partial charge on any atom is -0.351 e. The number of H-pyrrole nitrogens is 1. The zero-order valence-corrected chi connectivity index (χ0v) is 20.5. The number of benzene rings is 1. The van der Waals surface area contributed by atoms with Crippen molar-refractivity contribution in [2.24, 2.45) is 0 Å². The number of hydrogen-bond donors (Lipinski definition) is 2. The van der Waals surface area contributed by atoms with Crippen LogP contribution in [0.15, 0.2) is 42.7 Å². The quantitative estimate of drug-likeness (QED) is 0.514. The van der Waals surface area contributed by atoms with Gasteiger partial charge in [0, 0.05) is 36.2 Å². The number of carbonyl (C=O) groups is 2. The predicted molar refractivity (Wildman–Crippen MR) is 136 cm³/mol. The van der Waals surface area contributed by atoms with Crippen LogP contribution in [0.5, 0.6) is 0 Å². The number of aryl methyl sites for hydroxylation is 1. The normalized spacial score (nSPS) is 19.1. The Hall–Kier alpha value is -3.93. The number of imidazole rings is 1. The summed E-state index contributed by atoms with van der Waals surface area (Å²) in [6.07, 6.45) is 12.0. The Balaban J connectivity index is 1.60. The number of anilines is 1. The Bertz CT molecular complexity index is 1280. The van der Waals surface area contributed by atoms with E-state index in [-0.39, 0.29) is 17.9 Å². The van der Waals surface area contributed by atoms with Crippen LogP contribution < -0.4 is 10.2 Å². The van der Waals surface area contributed by atoms with Gasteiger partial charge in [0.15, 0.2) is 6.19 Å². The van der Waals surface area contributed by atoms with E-state index in [9.17, 15) is 14.9 Å². The number of nitriles is 1. The predicted octanol–water partition coefficient (Wildman–Crippen LogP) is 3.74. The van der Waals surface area contributed by atoms with E-state index >= 15 is 0 Å². The average molecular weight is 486 g/mol. The molecule has 5 rings (SSSR count). The molecule has 1 aliphatic heterocycles. The summed E-state index contributed by atoms with van der Waals surface area (Å²) in [7, 11) is 0. The molecule has 2 fully saturated rings. The number of nitrogens with one attached hydrogen (secondary N) is 2. The molecule has 3 aromatic rings. The lowest BCUT2D eigenvalue weighted by Crippen LogP contribution is -2.51. The lowest BCUT2D eigenvalue weighted by Gasteiger charge is -2.35. The number of aromatic amines is 1. The number of hydrogen-bond acceptors (Lipinski definition) is 6. The van der Waals surface area contributed by atoms with Gasteiger partial charge in [0.2, 0.25) is 5.91 Å². The van der Waals surface area contributed by atoms with Gasteiger partial charge < -0.3 is 10.3 Å². The molecule has 1 aromatic carbocycles. The van der Waals surface area contributed by atoms with Crippen LogP contribution in [0.3, 0.4) is 0 Å². The van der Waals surface area contributed by atoms with Gasteiger partial charge in [-0.3, -0.25) is 24.4 Å². The van der Waals surface area contributed by atoms with E-state index in [1.165, 1.54) is 11.3 Å². The molecule has 1 saturated heterocycles. The third kappa shape index (κ3) is 4.76. The van der Waals surface area contributed by atoms with Gasteiger partial charge in [-0.1, -0.05) is 25.3 Å². The van der Waals surface area contributed by atoms with Gasteiger partial charge in [-0.25, -0.2) is 4.98 Å². The molecule has 2 aromatic heterocycles. The Labute approximate surface area is 210 Å². The molecule has 2 amide bonds. The lowest BCUT2D eigenvalue weighted by atomic mass is 9.94. The summed E-state index contributed by atoms with van der Waals surface area (Å²) in [4.78, 5) is 43.2. The summed E-state index contributed by atoms with van der Waals surface area (Å²) in [6.45, 7) is 2.41. The van der Waals surface area contributed by atoms with Crippen molar-refractivity contribution in [3.63, 3.8) is 0 Å². The number of pyridine rings is 1. The summed E-state index contributed by atoms with van der Waals surface area (Å²) in [6, 6.07) is 7.68. The molecular weight excluding hydrogens is 454 g/mol. The molecule has 0 radical (unpaired) electrons. The Kier molecular flexibility index (Phi) is 6.85. The molecular formula is C27H31N7O2. The molecule has 2 atom stereocenters. The van der Waals surface area contributed by atoms with Gasteiger partial charge in [0.05, 0.1) is 11.0 Å². The molecule has 2 aliphatic rings. The molecule has 2 unspecified atom stereocenters. The molecule has 1 aliphatic carbocycles. The smallest absolute Gasteiger partial charge is 0.251 e. The molecule has 36 heavy (non-hydrogen) atoms. The zero-order valence-electron chi connectivity index (χ0n) is 20.5. The third-order valence-electron chi connectivity index (χ3n) is 7.22. The molecule has 0 spiro atoms. The summed E-state index contributed by atoms with van der Waals surface area (Å²) < 4.78 is 0. The maximum Gasteiger partial charge on any atom is 0.251 e. The van der Waals surface area contributed by atoms with Crippen LogP contribution in [0.1, 0.15) is 62.4 Å². The fourth-order valence-electron chi connectivity index (χ4n) is 5.46. The largest absolute Gasteiger partial charge is 0.351 e. The maximum absolute atomic E-state index is 14.2. The van der Waals surface area contributed by atoms with E-state index in [0.717, 1.165) is 49.0 Å². The SMILES string of the molecule is Cc1nc2ccc(N(C(=O)C3CCCN3C#N)C(C(=O)NC3CCCCC3)c3cccnc3)cc2[nH]1. The second-order valence-corrected chi connectivity index (χ2v) is 9.72. The van der Waals surface area contributed by atoms with Gasteiger partial charge in [0.1, 0.15) is 17.9 Å². The fraction of sp³-hybridized carbons (Fsp3) is 0.444. The van der Waals surface area contributed by atoms with Crippen molar-refractivity contribution in [2.45, 2.75) is 70.0 Å². The summed E-state index contributed by atoms with van der Waals surface area (Å²) in [5.41, 5.74) is 2.77. The van der Waals surface area contributed by atoms with Crippen molar-refractivity contribution in [1.29, 1.82) is 5.26 Å². The Morgan fingerprint density at radius 3 is 2.78 bits per heavy atom. The third-order valence-corrected chi connectivity index (χ3v) is 7.22. The first-order valence-electron chi connectivity index (χ1n) is 12.7. The first-order valence-corrected chi connectivity index (χ1v) is 12.7. The second kappa shape index (κ2) is 10.4. The van der Waals surface area contributed by atoms with Crippen LogP contribution in [0, 0.1) is 18.4 Å². The van der Waals surface area contributed by atoms with E-state index in [0.29, 0.717) is 24.2 Å². The standard InChI is InChI=1S/C27H31N7O2/c1-18-30-22-12-11-21(15-23(22)31-18)34(27(36)24-10-6-14-33(24)17-28)25(19-7-5-13-29-16-19)26(35)32-20-8-3-2-4-9-20/h5,7,11-13,15-16,20,24-25H,2-4,6,8-10,14H2,1H3,(H,30,31)(H,32,35). The van der Waals surface area contributed by atoms with Crippen LogP contribution in [0.4, 0.5) is 5.69 Å². The maximum atomic E-state index is 14.2. The summed E-state index contributed by atoms with van der Waals surface area (Å²) in [5, 5.41) is 12.9. The molecule has 0 bridgehead atoms. The lowest BCUT2D eigenvalue weighted by molar-refractivity contribution is -0.128. The zero-order chi connectivity index (χ0) is 25.1. The topological polar surface area (TPSA) is 118 Å². The molecule has 9 heteroatoms. The van der Waals surface area contributed by atoms with Crippen molar-refractivity contribution in [2.75, 3.05) is 11.4 Å². The van der Waals surface area contributed by atoms with Crippen molar-refractivity contribution < 1.29 is 9.59 Å². The number of carbonyl (C=O) groups excluding carboxylic acids is 2. The summed E-state index contributed by atoms with van der Waals surface area (Å²) >= 11 is 0. The van der Waals surface area contributed by atoms with E-state index in [1.54, 1.807) is 23.4 Å². The van der Waals surface area contributed by atoms with Gasteiger partial charge in [-0.05, 0) is 56.9 Å². The highest BCUT2D eigenvalue weighted by Crippen LogP contribution is 2.33. The minimum atomic E-state index is -0.921. The van der Waals surface area contributed by atoms with Crippen LogP contribution in [-0.2, 0) is 9.59 Å². The van der Waals surface area contributed by atoms with E-state index in [4.69, 9.17) is 0 Å². The minimum absolute atomic E-state index is 0.0854. The molecule has 1 saturated carbocycles. The first-order chi connectivity index (χ1) is 17.5. The molecule has 3 heterocycles. The van der Waals surface area contributed by atoms with Crippen LogP contribution >= 0.6 is 0 Å². The highest BCUT2D eigenvalue weighted by atomic mass is 16.2. The van der Waals surface area contributed by atoms with Gasteiger partial charge in [-0.2, -0.15) is 5.26 Å². The molecule has 9 nitrogen and oxygen atoms in total. The van der Waals surface area contributed by atoms with Gasteiger partial charge >= 0.3 is 0 Å². The highest BCUT2D eigenvalue weighted by molar-refractivity contribution is 6.04. The van der Waals surface area contributed by atoms with Gasteiger partial charge in [0.25, 0.3) is 5.91 Å². The van der Waals surface area contributed by atoms with Crippen LogP contribution in [0.2, 0.25) is 0 Å². The molecule has 186 valence electrons. The summed E-state index contributed by atoms with van der Waals surface area (Å²) in [5.74, 6) is 0.272. The van der Waals surface area contributed by atoms with Crippen molar-refractivity contribution >= 4 is 28.5 Å². The van der Waals surface area contributed by atoms with Crippen molar-refractivity contribution in [3.05, 3.63) is 54.1 Å². The number of likely N-dealkylation sites (tertiary alicyclic amines) is 1. The number of nitrogens with zero attached hydrogens (tertiary/aromatic N) is 5. The Morgan fingerprint density at radius 2 is 2.03 bits per heavy atom. The van der Waals surface area contributed by atoms with Crippen molar-refractivity contribution in [1.82, 2.24) is 25.2 Å². The fourth-order valence-corrected chi connectivity index (χ4v) is 5.46. The van der Waals surface area contributed by atoms with E-state index in [2.05, 4.69) is 26.5 Å². The van der Waals surface area contributed by atoms with E-state index < -0.39 is 12.1 Å². The Morgan fingerprint density at radius 1 is 1.19 bits per heavy atom. The number of rotatable bonds is 6.